The second kappa shape index (κ2) is 5.89. The fourth-order valence-corrected chi connectivity index (χ4v) is 3.60. The van der Waals surface area contributed by atoms with E-state index in [1.54, 1.807) is 6.26 Å². The molecule has 1 aliphatic heterocycles. The Labute approximate surface area is 142 Å². The first kappa shape index (κ1) is 14.6. The Morgan fingerprint density at radius 2 is 2.26 bits per heavy atom. The third kappa shape index (κ3) is 2.81. The molecule has 3 heterocycles. The summed E-state index contributed by atoms with van der Waals surface area (Å²) in [6.07, 6.45) is 3.69. The molecule has 1 amide bonds. The minimum absolute atomic E-state index is 0.191. The van der Waals surface area contributed by atoms with Crippen molar-refractivity contribution in [1.82, 2.24) is 9.88 Å². The number of halogens is 1. The first-order valence-electron chi connectivity index (χ1n) is 7.80. The molecule has 118 valence electrons. The SMILES string of the molecule is O=C(CCc1ccco1)N1CCc2[nH]c3ccc(Br)cc3c2C1. The molecule has 0 saturated heterocycles. The number of carbonyl (C=O) groups is 1. The van der Waals surface area contributed by atoms with E-state index in [0.29, 0.717) is 19.4 Å². The maximum absolute atomic E-state index is 12.5. The normalized spacial score (nSPS) is 14.2. The average Bonchev–Trinajstić information content (AvgIpc) is 3.19. The van der Waals surface area contributed by atoms with Crippen molar-refractivity contribution < 1.29 is 9.21 Å². The van der Waals surface area contributed by atoms with Gasteiger partial charge in [0.25, 0.3) is 0 Å². The average molecular weight is 373 g/mol. The van der Waals surface area contributed by atoms with E-state index in [4.69, 9.17) is 4.42 Å². The second-order valence-electron chi connectivity index (χ2n) is 5.92. The molecule has 0 aliphatic carbocycles. The number of benzene rings is 1. The first-order valence-corrected chi connectivity index (χ1v) is 8.59. The third-order valence-electron chi connectivity index (χ3n) is 4.46. The Balaban J connectivity index is 1.52. The highest BCUT2D eigenvalue weighted by atomic mass is 79.9. The van der Waals surface area contributed by atoms with Crippen LogP contribution < -0.4 is 0 Å². The smallest absolute Gasteiger partial charge is 0.223 e. The number of furan rings is 1. The van der Waals surface area contributed by atoms with E-state index in [1.807, 2.05) is 23.1 Å². The van der Waals surface area contributed by atoms with Gasteiger partial charge in [0.1, 0.15) is 5.76 Å². The number of H-pyrrole nitrogens is 1. The molecule has 4 nitrogen and oxygen atoms in total. The quantitative estimate of drug-likeness (QED) is 0.753. The predicted molar refractivity (Wildman–Crippen MR) is 92.1 cm³/mol. The van der Waals surface area contributed by atoms with Gasteiger partial charge in [0.15, 0.2) is 0 Å². The molecule has 4 rings (SSSR count). The van der Waals surface area contributed by atoms with Crippen LogP contribution in [-0.4, -0.2) is 22.3 Å². The van der Waals surface area contributed by atoms with E-state index in [2.05, 4.69) is 33.0 Å². The van der Waals surface area contributed by atoms with Crippen LogP contribution in [-0.2, 0) is 24.2 Å². The van der Waals surface area contributed by atoms with E-state index in [-0.39, 0.29) is 5.91 Å². The van der Waals surface area contributed by atoms with Crippen LogP contribution in [0.2, 0.25) is 0 Å². The largest absolute Gasteiger partial charge is 0.469 e. The molecule has 3 aromatic rings. The highest BCUT2D eigenvalue weighted by Gasteiger charge is 2.24. The highest BCUT2D eigenvalue weighted by Crippen LogP contribution is 2.30. The van der Waals surface area contributed by atoms with Gasteiger partial charge in [0.05, 0.1) is 6.26 Å². The Morgan fingerprint density at radius 1 is 1.35 bits per heavy atom. The zero-order valence-corrected chi connectivity index (χ0v) is 14.2. The van der Waals surface area contributed by atoms with Gasteiger partial charge in [-0.3, -0.25) is 4.79 Å². The molecule has 1 aliphatic rings. The summed E-state index contributed by atoms with van der Waals surface area (Å²) in [5.74, 6) is 1.06. The second-order valence-corrected chi connectivity index (χ2v) is 6.83. The number of amides is 1. The molecule has 0 unspecified atom stereocenters. The molecule has 1 aromatic carbocycles. The van der Waals surface area contributed by atoms with E-state index < -0.39 is 0 Å². The molecule has 0 radical (unpaired) electrons. The summed E-state index contributed by atoms with van der Waals surface area (Å²) in [7, 11) is 0. The van der Waals surface area contributed by atoms with Crippen molar-refractivity contribution in [2.75, 3.05) is 6.54 Å². The molecule has 0 saturated carbocycles. The Hall–Kier alpha value is -2.01. The topological polar surface area (TPSA) is 49.2 Å². The van der Waals surface area contributed by atoms with Gasteiger partial charge in [-0.15, -0.1) is 0 Å². The summed E-state index contributed by atoms with van der Waals surface area (Å²) in [5.41, 5.74) is 3.65. The van der Waals surface area contributed by atoms with Crippen molar-refractivity contribution in [2.45, 2.75) is 25.8 Å². The number of nitrogens with zero attached hydrogens (tertiary/aromatic N) is 1. The number of hydrogen-bond acceptors (Lipinski definition) is 2. The molecular formula is C18H17BrN2O2. The molecule has 1 N–H and O–H groups in total. The summed E-state index contributed by atoms with van der Waals surface area (Å²) in [6, 6.07) is 10.0. The van der Waals surface area contributed by atoms with Gasteiger partial charge in [0, 0.05) is 59.0 Å². The maximum Gasteiger partial charge on any atom is 0.223 e. The van der Waals surface area contributed by atoms with Crippen LogP contribution in [0.4, 0.5) is 0 Å². The number of aromatic nitrogens is 1. The summed E-state index contributed by atoms with van der Waals surface area (Å²) in [6.45, 7) is 1.46. The Kier molecular flexibility index (Phi) is 3.73. The molecule has 23 heavy (non-hydrogen) atoms. The summed E-state index contributed by atoms with van der Waals surface area (Å²) in [4.78, 5) is 17.9. The van der Waals surface area contributed by atoms with Crippen LogP contribution in [0, 0.1) is 0 Å². The molecular weight excluding hydrogens is 356 g/mol. The number of carbonyl (C=O) groups excluding carboxylic acids is 1. The monoisotopic (exact) mass is 372 g/mol. The standard InChI is InChI=1S/C18H17BrN2O2/c19-12-3-5-16-14(10-12)15-11-21(8-7-17(15)20-16)18(22)6-4-13-2-1-9-23-13/h1-3,5,9-10,20H,4,6-8,11H2. The van der Waals surface area contributed by atoms with Gasteiger partial charge in [0.2, 0.25) is 5.91 Å². The molecule has 0 bridgehead atoms. The van der Waals surface area contributed by atoms with Crippen LogP contribution in [0.25, 0.3) is 10.9 Å². The van der Waals surface area contributed by atoms with Crippen molar-refractivity contribution in [2.24, 2.45) is 0 Å². The van der Waals surface area contributed by atoms with Gasteiger partial charge in [-0.25, -0.2) is 0 Å². The lowest BCUT2D eigenvalue weighted by Gasteiger charge is -2.27. The van der Waals surface area contributed by atoms with E-state index in [9.17, 15) is 4.79 Å². The third-order valence-corrected chi connectivity index (χ3v) is 4.95. The summed E-state index contributed by atoms with van der Waals surface area (Å²) >= 11 is 3.53. The number of hydrogen-bond donors (Lipinski definition) is 1. The van der Waals surface area contributed by atoms with Gasteiger partial charge in [-0.05, 0) is 30.3 Å². The fourth-order valence-electron chi connectivity index (χ4n) is 3.24. The van der Waals surface area contributed by atoms with Gasteiger partial charge in [-0.1, -0.05) is 15.9 Å². The zero-order chi connectivity index (χ0) is 15.8. The van der Waals surface area contributed by atoms with Crippen molar-refractivity contribution in [3.63, 3.8) is 0 Å². The molecule has 5 heteroatoms. The Bertz CT molecular complexity index is 851. The lowest BCUT2D eigenvalue weighted by Crippen LogP contribution is -2.35. The van der Waals surface area contributed by atoms with Crippen LogP contribution in [0.1, 0.15) is 23.4 Å². The van der Waals surface area contributed by atoms with Crippen LogP contribution in [0.15, 0.2) is 45.5 Å². The number of rotatable bonds is 3. The zero-order valence-electron chi connectivity index (χ0n) is 12.6. The molecule has 0 atom stereocenters. The maximum atomic E-state index is 12.5. The molecule has 0 spiro atoms. The molecule has 0 fully saturated rings. The highest BCUT2D eigenvalue weighted by molar-refractivity contribution is 9.10. The van der Waals surface area contributed by atoms with Crippen LogP contribution in [0.3, 0.4) is 0 Å². The predicted octanol–water partition coefficient (Wildman–Crippen LogP) is 4.04. The van der Waals surface area contributed by atoms with E-state index in [0.717, 1.165) is 28.7 Å². The van der Waals surface area contributed by atoms with Gasteiger partial charge >= 0.3 is 0 Å². The minimum atomic E-state index is 0.191. The number of aryl methyl sites for hydroxylation is 1. The lowest BCUT2D eigenvalue weighted by atomic mass is 10.0. The summed E-state index contributed by atoms with van der Waals surface area (Å²) in [5, 5.41) is 1.21. The van der Waals surface area contributed by atoms with Crippen LogP contribution in [0.5, 0.6) is 0 Å². The van der Waals surface area contributed by atoms with Crippen LogP contribution >= 0.6 is 15.9 Å². The number of fused-ring (bicyclic) bond motifs is 3. The van der Waals surface area contributed by atoms with Crippen molar-refractivity contribution in [3.05, 3.63) is 58.1 Å². The first-order chi connectivity index (χ1) is 11.2. The van der Waals surface area contributed by atoms with Gasteiger partial charge < -0.3 is 14.3 Å². The lowest BCUT2D eigenvalue weighted by molar-refractivity contribution is -0.132. The number of nitrogens with one attached hydrogen (secondary N) is 1. The van der Waals surface area contributed by atoms with Gasteiger partial charge in [-0.2, -0.15) is 0 Å². The van der Waals surface area contributed by atoms with Crippen molar-refractivity contribution in [1.29, 1.82) is 0 Å². The van der Waals surface area contributed by atoms with E-state index >= 15 is 0 Å². The minimum Gasteiger partial charge on any atom is -0.469 e. The Morgan fingerprint density at radius 3 is 3.09 bits per heavy atom. The number of aromatic amines is 1. The molecule has 2 aromatic heterocycles. The fraction of sp³-hybridized carbons (Fsp3) is 0.278. The van der Waals surface area contributed by atoms with Crippen molar-refractivity contribution in [3.8, 4) is 0 Å². The van der Waals surface area contributed by atoms with Crippen molar-refractivity contribution >= 4 is 32.7 Å². The van der Waals surface area contributed by atoms with E-state index in [1.165, 1.54) is 16.6 Å². The summed E-state index contributed by atoms with van der Waals surface area (Å²) < 4.78 is 6.37.